The van der Waals surface area contributed by atoms with Crippen molar-refractivity contribution in [3.8, 4) is 0 Å². The number of hydrogen-bond donors (Lipinski definition) is 2. The average molecular weight is 373 g/mol. The summed E-state index contributed by atoms with van der Waals surface area (Å²) in [5.41, 5.74) is 6.24. The Hall–Kier alpha value is -3.00. The van der Waals surface area contributed by atoms with E-state index in [-0.39, 0.29) is 6.42 Å². The van der Waals surface area contributed by atoms with Crippen LogP contribution in [0.2, 0.25) is 0 Å². The number of aromatic nitrogens is 3. The third-order valence-corrected chi connectivity index (χ3v) is 4.17. The van der Waals surface area contributed by atoms with E-state index < -0.39 is 18.3 Å². The van der Waals surface area contributed by atoms with Crippen molar-refractivity contribution in [1.82, 2.24) is 20.3 Å². The first-order valence-corrected chi connectivity index (χ1v) is 8.23. The molecule has 0 unspecified atom stereocenters. The van der Waals surface area contributed by atoms with E-state index in [0.29, 0.717) is 22.6 Å². The smallest absolute Gasteiger partial charge is 0.384 e. The van der Waals surface area contributed by atoms with E-state index in [1.807, 2.05) is 0 Å². The van der Waals surface area contributed by atoms with Crippen LogP contribution in [0.25, 0.3) is 0 Å². The lowest BCUT2D eigenvalue weighted by Gasteiger charge is -2.36. The molecule has 140 valence electrons. The van der Waals surface area contributed by atoms with Crippen LogP contribution in [0.5, 0.6) is 0 Å². The maximum atomic E-state index is 13.1. The summed E-state index contributed by atoms with van der Waals surface area (Å²) < 4.78 is 39.3. The monoisotopic (exact) mass is 373 g/mol. The molecule has 0 atom stereocenters. The van der Waals surface area contributed by atoms with Gasteiger partial charge in [0.05, 0.1) is 12.1 Å². The van der Waals surface area contributed by atoms with Gasteiger partial charge in [0.1, 0.15) is 5.82 Å². The van der Waals surface area contributed by atoms with Gasteiger partial charge in [0, 0.05) is 36.9 Å². The van der Waals surface area contributed by atoms with E-state index >= 15 is 0 Å². The van der Waals surface area contributed by atoms with E-state index in [1.54, 1.807) is 67.3 Å². The molecule has 0 aliphatic carbocycles. The fourth-order valence-electron chi connectivity index (χ4n) is 2.99. The molecule has 0 spiro atoms. The van der Waals surface area contributed by atoms with Crippen molar-refractivity contribution in [1.29, 1.82) is 0 Å². The first-order valence-electron chi connectivity index (χ1n) is 8.23. The normalized spacial score (nSPS) is 12.1. The number of rotatable bonds is 6. The van der Waals surface area contributed by atoms with E-state index in [0.717, 1.165) is 0 Å². The molecule has 5 nitrogen and oxygen atoms in total. The zero-order valence-electron chi connectivity index (χ0n) is 14.3. The molecule has 27 heavy (non-hydrogen) atoms. The molecule has 8 heteroatoms. The van der Waals surface area contributed by atoms with E-state index in [4.69, 9.17) is 5.73 Å². The van der Waals surface area contributed by atoms with Gasteiger partial charge in [0.15, 0.2) is 0 Å². The second-order valence-electron chi connectivity index (χ2n) is 6.09. The Morgan fingerprint density at radius 2 is 1.52 bits per heavy atom. The molecule has 0 radical (unpaired) electrons. The van der Waals surface area contributed by atoms with Crippen LogP contribution in [0.4, 0.5) is 19.0 Å². The number of nitrogens with zero attached hydrogens (tertiary/aromatic N) is 3. The molecular weight excluding hydrogens is 355 g/mol. The highest BCUT2D eigenvalue weighted by molar-refractivity contribution is 5.39. The van der Waals surface area contributed by atoms with Gasteiger partial charge in [-0.3, -0.25) is 15.3 Å². The third-order valence-electron chi connectivity index (χ3n) is 4.17. The van der Waals surface area contributed by atoms with Crippen LogP contribution >= 0.6 is 0 Å². The van der Waals surface area contributed by atoms with Gasteiger partial charge in [-0.05, 0) is 35.4 Å². The molecule has 0 aliphatic heterocycles. The molecule has 3 N–H and O–H groups in total. The minimum absolute atomic E-state index is 0.144. The van der Waals surface area contributed by atoms with Gasteiger partial charge >= 0.3 is 6.18 Å². The average Bonchev–Trinajstić information content (AvgIpc) is 2.66. The van der Waals surface area contributed by atoms with Crippen molar-refractivity contribution in [2.75, 3.05) is 12.3 Å². The van der Waals surface area contributed by atoms with Gasteiger partial charge in [0.2, 0.25) is 0 Å². The van der Waals surface area contributed by atoms with E-state index in [1.165, 1.54) is 0 Å². The minimum atomic E-state index is -4.39. The highest BCUT2D eigenvalue weighted by Gasteiger charge is 2.39. The number of hydrogen-bond acceptors (Lipinski definition) is 5. The van der Waals surface area contributed by atoms with Crippen molar-refractivity contribution in [2.24, 2.45) is 0 Å². The highest BCUT2D eigenvalue weighted by Crippen LogP contribution is 2.33. The lowest BCUT2D eigenvalue weighted by molar-refractivity contribution is -0.128. The highest BCUT2D eigenvalue weighted by atomic mass is 19.4. The van der Waals surface area contributed by atoms with Gasteiger partial charge in [-0.25, -0.2) is 4.98 Å². The fraction of sp³-hybridized carbons (Fsp3) is 0.211. The summed E-state index contributed by atoms with van der Waals surface area (Å²) in [4.78, 5) is 12.5. The van der Waals surface area contributed by atoms with Gasteiger partial charge in [-0.2, -0.15) is 13.2 Å². The minimum Gasteiger partial charge on any atom is -0.384 e. The summed E-state index contributed by atoms with van der Waals surface area (Å²) in [7, 11) is 0. The lowest BCUT2D eigenvalue weighted by atomic mass is 9.80. The van der Waals surface area contributed by atoms with Gasteiger partial charge < -0.3 is 5.73 Å². The lowest BCUT2D eigenvalue weighted by Crippen LogP contribution is -2.49. The van der Waals surface area contributed by atoms with Crippen LogP contribution in [0.3, 0.4) is 0 Å². The number of anilines is 1. The van der Waals surface area contributed by atoms with Crippen molar-refractivity contribution in [2.45, 2.75) is 18.1 Å². The Morgan fingerprint density at radius 1 is 0.889 bits per heavy atom. The Morgan fingerprint density at radius 3 is 2.00 bits per heavy atom. The van der Waals surface area contributed by atoms with Crippen molar-refractivity contribution >= 4 is 5.82 Å². The van der Waals surface area contributed by atoms with Crippen LogP contribution in [0.1, 0.15) is 16.8 Å². The Bertz CT molecular complexity index is 830. The molecule has 3 aromatic rings. The number of pyridine rings is 3. The van der Waals surface area contributed by atoms with E-state index in [9.17, 15) is 13.2 Å². The number of nitrogens with one attached hydrogen (secondary N) is 1. The summed E-state index contributed by atoms with van der Waals surface area (Å²) in [5, 5.41) is 2.69. The summed E-state index contributed by atoms with van der Waals surface area (Å²) >= 11 is 0. The van der Waals surface area contributed by atoms with Crippen molar-refractivity contribution in [3.05, 3.63) is 84.1 Å². The third kappa shape index (κ3) is 4.59. The maximum Gasteiger partial charge on any atom is 0.401 e. The molecule has 0 aliphatic rings. The Kier molecular flexibility index (Phi) is 5.36. The number of nitrogen functional groups attached to an aromatic ring is 1. The molecule has 0 aromatic carbocycles. The predicted octanol–water partition coefficient (Wildman–Crippen LogP) is 3.09. The number of alkyl halides is 3. The molecular formula is C19H18F3N5. The second-order valence-corrected chi connectivity index (χ2v) is 6.09. The van der Waals surface area contributed by atoms with Crippen LogP contribution in [0, 0.1) is 0 Å². The molecule has 3 aromatic heterocycles. The summed E-state index contributed by atoms with van der Waals surface area (Å²) in [6.45, 7) is -1.18. The van der Waals surface area contributed by atoms with Gasteiger partial charge in [-0.15, -0.1) is 0 Å². The first kappa shape index (κ1) is 18.8. The van der Waals surface area contributed by atoms with Gasteiger partial charge in [0.25, 0.3) is 0 Å². The zero-order valence-corrected chi connectivity index (χ0v) is 14.3. The largest absolute Gasteiger partial charge is 0.401 e. The van der Waals surface area contributed by atoms with Crippen LogP contribution in [-0.4, -0.2) is 27.7 Å². The molecule has 0 bridgehead atoms. The summed E-state index contributed by atoms with van der Waals surface area (Å²) in [6, 6.07) is 11.9. The van der Waals surface area contributed by atoms with Crippen LogP contribution in [-0.2, 0) is 12.0 Å². The van der Waals surface area contributed by atoms with Crippen LogP contribution in [0.15, 0.2) is 67.3 Å². The predicted molar refractivity (Wildman–Crippen MR) is 95.7 cm³/mol. The standard InChI is InChI=1S/C19H18F3N5/c20-19(21,22)13-26-18(14-4-2-8-24-11-14,15-5-3-9-25-12-15)10-16-6-1-7-17(23)27-16/h1-9,11-12,26H,10,13H2,(H2,23,27). The molecule has 0 saturated heterocycles. The molecule has 3 rings (SSSR count). The number of halogens is 3. The zero-order chi connectivity index (χ0) is 19.3. The van der Waals surface area contributed by atoms with Crippen molar-refractivity contribution in [3.63, 3.8) is 0 Å². The Balaban J connectivity index is 2.14. The van der Waals surface area contributed by atoms with Gasteiger partial charge in [-0.1, -0.05) is 18.2 Å². The fourth-order valence-corrected chi connectivity index (χ4v) is 2.99. The maximum absolute atomic E-state index is 13.1. The molecule has 0 saturated carbocycles. The molecule has 0 amide bonds. The second kappa shape index (κ2) is 7.71. The topological polar surface area (TPSA) is 76.7 Å². The number of nitrogens with two attached hydrogens (primary N) is 1. The first-order chi connectivity index (χ1) is 12.9. The molecule has 3 heterocycles. The van der Waals surface area contributed by atoms with E-state index in [2.05, 4.69) is 20.3 Å². The van der Waals surface area contributed by atoms with Crippen LogP contribution < -0.4 is 11.1 Å². The SMILES string of the molecule is Nc1cccc(CC(NCC(F)(F)F)(c2cccnc2)c2cccnc2)n1. The quantitative estimate of drug-likeness (QED) is 0.694. The molecule has 0 fully saturated rings. The van der Waals surface area contributed by atoms with Crippen molar-refractivity contribution < 1.29 is 13.2 Å². The summed E-state index contributed by atoms with van der Waals surface area (Å²) in [6.07, 6.45) is 1.98. The Labute approximate surface area is 154 Å². The summed E-state index contributed by atoms with van der Waals surface area (Å²) in [5.74, 6) is 0.301.